The van der Waals surface area contributed by atoms with Crippen LogP contribution < -0.4 is 10.6 Å². The highest BCUT2D eigenvalue weighted by molar-refractivity contribution is 6.02. The minimum absolute atomic E-state index is 0.0813. The molecule has 126 valence electrons. The highest BCUT2D eigenvalue weighted by Crippen LogP contribution is 2.33. The number of fused-ring (bicyclic) bond motifs is 1. The van der Waals surface area contributed by atoms with Gasteiger partial charge >= 0.3 is 0 Å². The molecule has 2 aliphatic rings. The Morgan fingerprint density at radius 3 is 2.43 bits per heavy atom. The number of aryl methyl sites for hydroxylation is 1. The van der Waals surface area contributed by atoms with Crippen molar-refractivity contribution in [1.29, 1.82) is 0 Å². The summed E-state index contributed by atoms with van der Waals surface area (Å²) in [7, 11) is 0. The zero-order valence-corrected chi connectivity index (χ0v) is 13.9. The van der Waals surface area contributed by atoms with E-state index in [2.05, 4.69) is 15.6 Å². The lowest BCUT2D eigenvalue weighted by Gasteiger charge is -2.35. The normalized spacial score (nSPS) is 30.1. The Bertz CT molecular complexity index is 637. The number of hydrogen-bond donors (Lipinski definition) is 4. The van der Waals surface area contributed by atoms with Crippen molar-refractivity contribution in [2.24, 2.45) is 11.8 Å². The third kappa shape index (κ3) is 2.93. The fourth-order valence-corrected chi connectivity index (χ4v) is 4.14. The number of carbonyl (C=O) groups excluding carboxylic acids is 2. The molecule has 0 unspecified atom stereocenters. The Kier molecular flexibility index (Phi) is 4.29. The van der Waals surface area contributed by atoms with Crippen LogP contribution in [0.1, 0.15) is 51.9 Å². The minimum Gasteiger partial charge on any atom is -0.391 e. The number of aromatic nitrogens is 1. The molecule has 1 aliphatic heterocycles. The molecule has 0 bridgehead atoms. The first-order valence-corrected chi connectivity index (χ1v) is 8.28. The lowest BCUT2D eigenvalue weighted by Crippen LogP contribution is -2.49. The molecule has 2 heterocycles. The van der Waals surface area contributed by atoms with Gasteiger partial charge in [0, 0.05) is 12.6 Å². The van der Waals surface area contributed by atoms with Crippen molar-refractivity contribution in [3.8, 4) is 0 Å². The van der Waals surface area contributed by atoms with Gasteiger partial charge in [0.25, 0.3) is 5.91 Å². The fourth-order valence-electron chi connectivity index (χ4n) is 4.14. The number of Topliss-reactive ketones (excluding diaryl/α,β-unsaturated/α-hetero) is 1. The van der Waals surface area contributed by atoms with E-state index in [1.807, 2.05) is 0 Å². The predicted molar refractivity (Wildman–Crippen MR) is 86.6 cm³/mol. The van der Waals surface area contributed by atoms with Crippen LogP contribution in [0.2, 0.25) is 0 Å². The molecule has 1 amide bonds. The van der Waals surface area contributed by atoms with Gasteiger partial charge in [0.1, 0.15) is 0 Å². The van der Waals surface area contributed by atoms with E-state index >= 15 is 0 Å². The molecule has 4 N–H and O–H groups in total. The molecule has 6 nitrogen and oxygen atoms in total. The smallest absolute Gasteiger partial charge is 0.253 e. The van der Waals surface area contributed by atoms with Gasteiger partial charge in [-0.05, 0) is 57.2 Å². The Morgan fingerprint density at radius 2 is 1.83 bits per heavy atom. The van der Waals surface area contributed by atoms with E-state index in [1.165, 1.54) is 6.92 Å². The van der Waals surface area contributed by atoms with Gasteiger partial charge in [-0.3, -0.25) is 9.59 Å². The third-order valence-electron chi connectivity index (χ3n) is 5.38. The summed E-state index contributed by atoms with van der Waals surface area (Å²) in [6.07, 6.45) is 1.02. The van der Waals surface area contributed by atoms with E-state index in [4.69, 9.17) is 0 Å². The molecule has 3 rings (SSSR count). The van der Waals surface area contributed by atoms with Crippen molar-refractivity contribution in [2.45, 2.75) is 45.8 Å². The zero-order valence-electron chi connectivity index (χ0n) is 13.9. The van der Waals surface area contributed by atoms with Crippen molar-refractivity contribution in [1.82, 2.24) is 15.6 Å². The number of aromatic amines is 1. The maximum atomic E-state index is 12.7. The van der Waals surface area contributed by atoms with E-state index in [-0.39, 0.29) is 17.7 Å². The molecule has 0 spiro atoms. The second-order valence-corrected chi connectivity index (χ2v) is 6.98. The summed E-state index contributed by atoms with van der Waals surface area (Å²) < 4.78 is 0. The first-order valence-electron chi connectivity index (χ1n) is 8.28. The van der Waals surface area contributed by atoms with E-state index in [9.17, 15) is 14.7 Å². The second kappa shape index (κ2) is 6.09. The predicted octanol–water partition coefficient (Wildman–Crippen LogP) is 0.923. The molecule has 23 heavy (non-hydrogen) atoms. The van der Waals surface area contributed by atoms with Gasteiger partial charge in [0.15, 0.2) is 5.78 Å². The molecule has 4 atom stereocenters. The summed E-state index contributed by atoms with van der Waals surface area (Å²) in [6.45, 7) is 6.98. The number of rotatable bonds is 3. The van der Waals surface area contributed by atoms with Crippen LogP contribution in [0.25, 0.3) is 0 Å². The molecule has 2 fully saturated rings. The molecular formula is C17H25N3O3. The fraction of sp³-hybridized carbons (Fsp3) is 0.647. The summed E-state index contributed by atoms with van der Waals surface area (Å²) in [4.78, 5) is 27.3. The number of H-pyrrole nitrogens is 1. The van der Waals surface area contributed by atoms with Gasteiger partial charge in [0.05, 0.1) is 23.4 Å². The Hall–Kier alpha value is -1.66. The van der Waals surface area contributed by atoms with Crippen LogP contribution in [-0.4, -0.2) is 47.0 Å². The van der Waals surface area contributed by atoms with Gasteiger partial charge in [-0.25, -0.2) is 0 Å². The molecule has 0 radical (unpaired) electrons. The summed E-state index contributed by atoms with van der Waals surface area (Å²) in [6, 6.07) is -0.224. The Labute approximate surface area is 136 Å². The molecule has 1 aliphatic carbocycles. The highest BCUT2D eigenvalue weighted by Gasteiger charge is 2.39. The zero-order chi connectivity index (χ0) is 16.7. The van der Waals surface area contributed by atoms with E-state index in [0.717, 1.165) is 25.9 Å². The lowest BCUT2D eigenvalue weighted by molar-refractivity contribution is 0.0461. The Balaban J connectivity index is 1.75. The van der Waals surface area contributed by atoms with Crippen molar-refractivity contribution >= 4 is 11.7 Å². The largest absolute Gasteiger partial charge is 0.391 e. The molecule has 1 aromatic rings. The van der Waals surface area contributed by atoms with Crippen molar-refractivity contribution in [3.05, 3.63) is 22.5 Å². The van der Waals surface area contributed by atoms with E-state index in [0.29, 0.717) is 34.4 Å². The van der Waals surface area contributed by atoms with Gasteiger partial charge in [0.2, 0.25) is 0 Å². The second-order valence-electron chi connectivity index (χ2n) is 6.98. The van der Waals surface area contributed by atoms with Gasteiger partial charge in [-0.1, -0.05) is 0 Å². The van der Waals surface area contributed by atoms with Crippen LogP contribution in [0, 0.1) is 25.7 Å². The SMILES string of the molecule is CC(=O)c1[nH]c(C)c(C(=O)N[C@H]2C[C@H]3CNC[C@H]3C[C@@H]2O)c1C. The van der Waals surface area contributed by atoms with Crippen LogP contribution in [-0.2, 0) is 0 Å². The number of aliphatic hydroxyl groups excluding tert-OH is 1. The quantitative estimate of drug-likeness (QED) is 0.623. The van der Waals surface area contributed by atoms with Gasteiger partial charge < -0.3 is 20.7 Å². The monoisotopic (exact) mass is 319 g/mol. The van der Waals surface area contributed by atoms with Crippen molar-refractivity contribution < 1.29 is 14.7 Å². The number of amides is 1. The molecule has 1 saturated carbocycles. The summed E-state index contributed by atoms with van der Waals surface area (Å²) >= 11 is 0. The first kappa shape index (κ1) is 16.2. The van der Waals surface area contributed by atoms with E-state index < -0.39 is 6.10 Å². The number of hydrogen-bond acceptors (Lipinski definition) is 4. The van der Waals surface area contributed by atoms with Crippen LogP contribution in [0.15, 0.2) is 0 Å². The van der Waals surface area contributed by atoms with Crippen molar-refractivity contribution in [3.63, 3.8) is 0 Å². The minimum atomic E-state index is -0.507. The van der Waals surface area contributed by atoms with Crippen LogP contribution in [0.5, 0.6) is 0 Å². The number of nitrogens with one attached hydrogen (secondary N) is 3. The number of ketones is 1. The highest BCUT2D eigenvalue weighted by atomic mass is 16.3. The first-order chi connectivity index (χ1) is 10.9. The lowest BCUT2D eigenvalue weighted by atomic mass is 9.77. The van der Waals surface area contributed by atoms with Crippen LogP contribution >= 0.6 is 0 Å². The van der Waals surface area contributed by atoms with Crippen LogP contribution in [0.4, 0.5) is 0 Å². The van der Waals surface area contributed by atoms with Crippen molar-refractivity contribution in [2.75, 3.05) is 13.1 Å². The third-order valence-corrected chi connectivity index (χ3v) is 5.38. The van der Waals surface area contributed by atoms with E-state index in [1.54, 1.807) is 13.8 Å². The summed E-state index contributed by atoms with van der Waals surface area (Å²) in [5.74, 6) is 0.738. The average Bonchev–Trinajstić information content (AvgIpc) is 3.03. The molecule has 0 aromatic carbocycles. The summed E-state index contributed by atoms with van der Waals surface area (Å²) in [5.41, 5.74) is 2.38. The maximum absolute atomic E-state index is 12.7. The summed E-state index contributed by atoms with van der Waals surface area (Å²) in [5, 5.41) is 16.7. The van der Waals surface area contributed by atoms with Crippen LogP contribution in [0.3, 0.4) is 0 Å². The molecule has 1 saturated heterocycles. The molecular weight excluding hydrogens is 294 g/mol. The number of carbonyl (C=O) groups is 2. The van der Waals surface area contributed by atoms with Gasteiger partial charge in [-0.2, -0.15) is 0 Å². The topological polar surface area (TPSA) is 94.2 Å². The standard InChI is InChI=1S/C17H25N3O3/c1-8-15(9(2)19-16(8)10(3)21)17(23)20-13-4-11-6-18-7-12(11)5-14(13)22/h11-14,18-19,22H,4-7H2,1-3H3,(H,20,23)/t11-,12+,13-,14-/m0/s1. The number of aliphatic hydroxyl groups is 1. The van der Waals surface area contributed by atoms with Gasteiger partial charge in [-0.15, -0.1) is 0 Å². The molecule has 6 heteroatoms. The average molecular weight is 319 g/mol. The maximum Gasteiger partial charge on any atom is 0.253 e. The Morgan fingerprint density at radius 1 is 1.17 bits per heavy atom. The molecule has 1 aromatic heterocycles.